The first kappa shape index (κ1) is 19.1. The molecule has 0 aromatic heterocycles. The molecule has 138 valence electrons. The molecular formula is C18H27N3O4. The molecule has 0 saturated heterocycles. The van der Waals surface area contributed by atoms with Crippen LogP contribution in [0.1, 0.15) is 50.2 Å². The zero-order valence-corrected chi connectivity index (χ0v) is 14.3. The standard InChI is InChI=1S/C18H27N3O4/c22-15-8-4-5-13(11-15)16(23)12-20-18(25)19-10-9-17(24)21-14-6-2-1-3-7-14/h4-5,8,11,14,16,22-23H,1-3,6-7,9-10,12H2,(H,21,24)(H2,19,20,25). The van der Waals surface area contributed by atoms with Crippen molar-refractivity contribution in [1.82, 2.24) is 16.0 Å². The zero-order valence-electron chi connectivity index (χ0n) is 14.3. The number of aliphatic hydroxyl groups is 1. The molecule has 25 heavy (non-hydrogen) atoms. The lowest BCUT2D eigenvalue weighted by Crippen LogP contribution is -2.41. The largest absolute Gasteiger partial charge is 0.508 e. The highest BCUT2D eigenvalue weighted by Gasteiger charge is 2.15. The van der Waals surface area contributed by atoms with Crippen LogP contribution in [0.15, 0.2) is 24.3 Å². The molecule has 0 aliphatic heterocycles. The van der Waals surface area contributed by atoms with Gasteiger partial charge in [-0.15, -0.1) is 0 Å². The molecule has 2 rings (SSSR count). The van der Waals surface area contributed by atoms with E-state index in [0.29, 0.717) is 5.56 Å². The summed E-state index contributed by atoms with van der Waals surface area (Å²) in [5.74, 6) is 0.0111. The first-order valence-electron chi connectivity index (χ1n) is 8.82. The third-order valence-electron chi connectivity index (χ3n) is 4.32. The summed E-state index contributed by atoms with van der Waals surface area (Å²) in [6.07, 6.45) is 4.95. The number of rotatable bonds is 7. The van der Waals surface area contributed by atoms with E-state index >= 15 is 0 Å². The van der Waals surface area contributed by atoms with Gasteiger partial charge in [-0.25, -0.2) is 4.79 Å². The second-order valence-electron chi connectivity index (χ2n) is 6.40. The predicted octanol–water partition coefficient (Wildman–Crippen LogP) is 1.56. The summed E-state index contributed by atoms with van der Waals surface area (Å²) in [4.78, 5) is 23.5. The van der Waals surface area contributed by atoms with Gasteiger partial charge in [-0.1, -0.05) is 31.4 Å². The lowest BCUT2D eigenvalue weighted by atomic mass is 9.95. The van der Waals surface area contributed by atoms with Crippen molar-refractivity contribution in [1.29, 1.82) is 0 Å². The fourth-order valence-corrected chi connectivity index (χ4v) is 2.94. The summed E-state index contributed by atoms with van der Waals surface area (Å²) in [5, 5.41) is 27.5. The highest BCUT2D eigenvalue weighted by molar-refractivity contribution is 5.78. The fourth-order valence-electron chi connectivity index (χ4n) is 2.94. The molecule has 0 heterocycles. The number of carbonyl (C=O) groups excluding carboxylic acids is 2. The summed E-state index contributed by atoms with van der Waals surface area (Å²) in [7, 11) is 0. The van der Waals surface area contributed by atoms with E-state index in [-0.39, 0.29) is 37.2 Å². The summed E-state index contributed by atoms with van der Waals surface area (Å²) < 4.78 is 0. The Morgan fingerprint density at radius 3 is 2.64 bits per heavy atom. The molecule has 5 N–H and O–H groups in total. The Bertz CT molecular complexity index is 573. The minimum Gasteiger partial charge on any atom is -0.508 e. The average molecular weight is 349 g/mol. The van der Waals surface area contributed by atoms with E-state index in [1.54, 1.807) is 12.1 Å². The van der Waals surface area contributed by atoms with Crippen LogP contribution in [0.25, 0.3) is 0 Å². The lowest BCUT2D eigenvalue weighted by molar-refractivity contribution is -0.121. The molecule has 1 aromatic carbocycles. The minimum absolute atomic E-state index is 0.0174. The summed E-state index contributed by atoms with van der Waals surface area (Å²) in [6, 6.07) is 6.07. The normalized spacial score (nSPS) is 16.0. The highest BCUT2D eigenvalue weighted by atomic mass is 16.3. The maximum atomic E-state index is 11.8. The molecule has 0 spiro atoms. The number of benzene rings is 1. The van der Waals surface area contributed by atoms with E-state index < -0.39 is 12.1 Å². The van der Waals surface area contributed by atoms with Crippen molar-refractivity contribution >= 4 is 11.9 Å². The Balaban J connectivity index is 1.59. The molecule has 1 aromatic rings. The number of phenolic OH excluding ortho intramolecular Hbond substituents is 1. The summed E-state index contributed by atoms with van der Waals surface area (Å²) >= 11 is 0. The Labute approximate surface area is 147 Å². The molecule has 7 heteroatoms. The number of hydrogen-bond donors (Lipinski definition) is 5. The lowest BCUT2D eigenvalue weighted by Gasteiger charge is -2.22. The molecule has 1 saturated carbocycles. The number of amides is 3. The van der Waals surface area contributed by atoms with Crippen molar-refractivity contribution in [3.8, 4) is 5.75 Å². The maximum Gasteiger partial charge on any atom is 0.314 e. The van der Waals surface area contributed by atoms with Crippen molar-refractivity contribution < 1.29 is 19.8 Å². The van der Waals surface area contributed by atoms with Gasteiger partial charge in [-0.2, -0.15) is 0 Å². The first-order valence-corrected chi connectivity index (χ1v) is 8.82. The van der Waals surface area contributed by atoms with Crippen LogP contribution in [-0.4, -0.2) is 41.3 Å². The van der Waals surface area contributed by atoms with Crippen molar-refractivity contribution in [3.05, 3.63) is 29.8 Å². The van der Waals surface area contributed by atoms with E-state index in [0.717, 1.165) is 25.7 Å². The molecule has 7 nitrogen and oxygen atoms in total. The molecule has 1 unspecified atom stereocenters. The first-order chi connectivity index (χ1) is 12.0. The van der Waals surface area contributed by atoms with Crippen molar-refractivity contribution in [2.24, 2.45) is 0 Å². The van der Waals surface area contributed by atoms with Crippen LogP contribution in [0.5, 0.6) is 5.75 Å². The minimum atomic E-state index is -0.910. The fraction of sp³-hybridized carbons (Fsp3) is 0.556. The number of hydrogen-bond acceptors (Lipinski definition) is 4. The molecule has 0 bridgehead atoms. The van der Waals surface area contributed by atoms with Gasteiger partial charge in [0.2, 0.25) is 5.91 Å². The van der Waals surface area contributed by atoms with Crippen LogP contribution in [0, 0.1) is 0 Å². The number of phenols is 1. The van der Waals surface area contributed by atoms with Gasteiger partial charge < -0.3 is 26.2 Å². The van der Waals surface area contributed by atoms with Gasteiger partial charge in [0.1, 0.15) is 5.75 Å². The maximum absolute atomic E-state index is 11.8. The number of aromatic hydroxyl groups is 1. The molecule has 1 aliphatic rings. The Kier molecular flexibility index (Phi) is 7.53. The van der Waals surface area contributed by atoms with E-state index in [4.69, 9.17) is 0 Å². The predicted molar refractivity (Wildman–Crippen MR) is 94.1 cm³/mol. The van der Waals surface area contributed by atoms with Crippen LogP contribution < -0.4 is 16.0 Å². The van der Waals surface area contributed by atoms with Gasteiger partial charge in [0, 0.05) is 25.6 Å². The van der Waals surface area contributed by atoms with E-state index in [2.05, 4.69) is 16.0 Å². The van der Waals surface area contributed by atoms with Crippen LogP contribution in [0.3, 0.4) is 0 Å². The van der Waals surface area contributed by atoms with Crippen molar-refractivity contribution in [2.45, 2.75) is 50.7 Å². The van der Waals surface area contributed by atoms with Crippen LogP contribution in [-0.2, 0) is 4.79 Å². The van der Waals surface area contributed by atoms with Gasteiger partial charge >= 0.3 is 6.03 Å². The highest BCUT2D eigenvalue weighted by Crippen LogP contribution is 2.18. The van der Waals surface area contributed by atoms with Crippen LogP contribution in [0.4, 0.5) is 4.79 Å². The number of carbonyl (C=O) groups is 2. The van der Waals surface area contributed by atoms with E-state index in [9.17, 15) is 19.8 Å². The Morgan fingerprint density at radius 1 is 1.16 bits per heavy atom. The monoisotopic (exact) mass is 349 g/mol. The van der Waals surface area contributed by atoms with E-state index in [1.807, 2.05) is 0 Å². The quantitative estimate of drug-likeness (QED) is 0.514. The van der Waals surface area contributed by atoms with Gasteiger partial charge in [0.05, 0.1) is 6.10 Å². The van der Waals surface area contributed by atoms with Gasteiger partial charge in [-0.05, 0) is 30.5 Å². The smallest absolute Gasteiger partial charge is 0.314 e. The Morgan fingerprint density at radius 2 is 1.92 bits per heavy atom. The number of aliphatic hydroxyl groups excluding tert-OH is 1. The van der Waals surface area contributed by atoms with Crippen LogP contribution >= 0.6 is 0 Å². The molecular weight excluding hydrogens is 322 g/mol. The molecule has 1 aliphatic carbocycles. The molecule has 1 fully saturated rings. The topological polar surface area (TPSA) is 111 Å². The second kappa shape index (κ2) is 9.88. The second-order valence-corrected chi connectivity index (χ2v) is 6.40. The molecule has 1 atom stereocenters. The molecule has 3 amide bonds. The van der Waals surface area contributed by atoms with Crippen molar-refractivity contribution in [3.63, 3.8) is 0 Å². The SMILES string of the molecule is O=C(CCNC(=O)NCC(O)c1cccc(O)c1)NC1CCCCC1. The van der Waals surface area contributed by atoms with Crippen LogP contribution in [0.2, 0.25) is 0 Å². The van der Waals surface area contributed by atoms with Gasteiger partial charge in [0.15, 0.2) is 0 Å². The average Bonchev–Trinajstić information content (AvgIpc) is 2.60. The third kappa shape index (κ3) is 7.01. The zero-order chi connectivity index (χ0) is 18.1. The summed E-state index contributed by atoms with van der Waals surface area (Å²) in [6.45, 7) is 0.260. The third-order valence-corrected chi connectivity index (χ3v) is 4.32. The van der Waals surface area contributed by atoms with Gasteiger partial charge in [-0.3, -0.25) is 4.79 Å². The number of nitrogens with one attached hydrogen (secondary N) is 3. The Hall–Kier alpha value is -2.28. The molecule has 0 radical (unpaired) electrons. The summed E-state index contributed by atoms with van der Waals surface area (Å²) in [5.41, 5.74) is 0.521. The van der Waals surface area contributed by atoms with Crippen molar-refractivity contribution in [2.75, 3.05) is 13.1 Å². The number of urea groups is 1. The van der Waals surface area contributed by atoms with E-state index in [1.165, 1.54) is 18.6 Å². The van der Waals surface area contributed by atoms with Gasteiger partial charge in [0.25, 0.3) is 0 Å².